The highest BCUT2D eigenvalue weighted by atomic mass is 16.5. The summed E-state index contributed by atoms with van der Waals surface area (Å²) in [5, 5.41) is 3.92. The molecule has 0 fully saturated rings. The summed E-state index contributed by atoms with van der Waals surface area (Å²) in [5.74, 6) is 1.97. The van der Waals surface area contributed by atoms with E-state index >= 15 is 0 Å². The van der Waals surface area contributed by atoms with Crippen molar-refractivity contribution >= 4 is 5.91 Å². The number of aryl methyl sites for hydroxylation is 1. The van der Waals surface area contributed by atoms with Gasteiger partial charge in [0.2, 0.25) is 5.91 Å². The van der Waals surface area contributed by atoms with Gasteiger partial charge in [0.1, 0.15) is 17.2 Å². The van der Waals surface area contributed by atoms with Crippen LogP contribution in [-0.2, 0) is 17.8 Å². The highest BCUT2D eigenvalue weighted by molar-refractivity contribution is 5.76. The fourth-order valence-corrected chi connectivity index (χ4v) is 2.60. The summed E-state index contributed by atoms with van der Waals surface area (Å²) in [5.41, 5.74) is 1.90. The number of rotatable bonds is 7. The molecule has 1 heterocycles. The Labute approximate surface area is 137 Å². The molecule has 0 aliphatic rings. The molecule has 5 nitrogen and oxygen atoms in total. The molecular formula is C18H24N2O3. The standard InChI is InChI=1S/C18H24N2O3/c1-13(9-15-7-5-6-8-17(15)22-4)10-18(21)20(3)12-16-11-14(2)23-19-16/h5-8,11,13H,9-10,12H2,1-4H3. The Morgan fingerprint density at radius 1 is 1.39 bits per heavy atom. The minimum Gasteiger partial charge on any atom is -0.496 e. The first-order valence-electron chi connectivity index (χ1n) is 7.77. The maximum absolute atomic E-state index is 12.3. The molecule has 5 heteroatoms. The lowest BCUT2D eigenvalue weighted by Crippen LogP contribution is -2.28. The van der Waals surface area contributed by atoms with Gasteiger partial charge >= 0.3 is 0 Å². The highest BCUT2D eigenvalue weighted by Gasteiger charge is 2.16. The molecule has 2 aromatic rings. The number of carbonyl (C=O) groups is 1. The monoisotopic (exact) mass is 316 g/mol. The molecule has 1 amide bonds. The second kappa shape index (κ2) is 7.81. The third-order valence-electron chi connectivity index (χ3n) is 3.79. The highest BCUT2D eigenvalue weighted by Crippen LogP contribution is 2.22. The van der Waals surface area contributed by atoms with Crippen LogP contribution in [0.5, 0.6) is 5.75 Å². The zero-order valence-electron chi connectivity index (χ0n) is 14.2. The molecule has 0 bridgehead atoms. The number of amides is 1. The number of aromatic nitrogens is 1. The molecule has 0 saturated carbocycles. The third-order valence-corrected chi connectivity index (χ3v) is 3.79. The van der Waals surface area contributed by atoms with Gasteiger partial charge < -0.3 is 14.2 Å². The maximum atomic E-state index is 12.3. The number of methoxy groups -OCH3 is 1. The van der Waals surface area contributed by atoms with Crippen LogP contribution >= 0.6 is 0 Å². The topological polar surface area (TPSA) is 55.6 Å². The third kappa shape index (κ3) is 4.84. The Bertz CT molecular complexity index is 651. The minimum absolute atomic E-state index is 0.105. The number of ether oxygens (including phenoxy) is 1. The van der Waals surface area contributed by atoms with Gasteiger partial charge in [0.15, 0.2) is 0 Å². The predicted octanol–water partition coefficient (Wildman–Crippen LogP) is 3.22. The smallest absolute Gasteiger partial charge is 0.222 e. The fraction of sp³-hybridized carbons (Fsp3) is 0.444. The molecule has 124 valence electrons. The van der Waals surface area contributed by atoms with Crippen LogP contribution in [-0.4, -0.2) is 30.1 Å². The molecule has 1 unspecified atom stereocenters. The number of para-hydroxylation sites is 1. The van der Waals surface area contributed by atoms with Gasteiger partial charge in [-0.2, -0.15) is 0 Å². The molecule has 1 atom stereocenters. The first kappa shape index (κ1) is 17.1. The zero-order chi connectivity index (χ0) is 16.8. The van der Waals surface area contributed by atoms with Gasteiger partial charge in [-0.25, -0.2) is 0 Å². The van der Waals surface area contributed by atoms with Crippen LogP contribution in [0, 0.1) is 12.8 Å². The van der Waals surface area contributed by atoms with Crippen molar-refractivity contribution < 1.29 is 14.1 Å². The minimum atomic E-state index is 0.105. The van der Waals surface area contributed by atoms with E-state index in [-0.39, 0.29) is 11.8 Å². The van der Waals surface area contributed by atoms with E-state index in [9.17, 15) is 4.79 Å². The van der Waals surface area contributed by atoms with Gasteiger partial charge in [0.25, 0.3) is 0 Å². The molecule has 0 spiro atoms. The number of hydrogen-bond donors (Lipinski definition) is 0. The van der Waals surface area contributed by atoms with E-state index in [1.165, 1.54) is 0 Å². The fourth-order valence-electron chi connectivity index (χ4n) is 2.60. The summed E-state index contributed by atoms with van der Waals surface area (Å²) >= 11 is 0. The van der Waals surface area contributed by atoms with Crippen LogP contribution in [0.2, 0.25) is 0 Å². The van der Waals surface area contributed by atoms with Crippen molar-refractivity contribution in [2.75, 3.05) is 14.2 Å². The van der Waals surface area contributed by atoms with Crippen molar-refractivity contribution in [1.82, 2.24) is 10.1 Å². The molecule has 1 aromatic carbocycles. The molecular weight excluding hydrogens is 292 g/mol. The summed E-state index contributed by atoms with van der Waals surface area (Å²) in [6.45, 7) is 4.39. The molecule has 1 aromatic heterocycles. The Morgan fingerprint density at radius 3 is 2.78 bits per heavy atom. The second-order valence-electron chi connectivity index (χ2n) is 6.00. The van der Waals surface area contributed by atoms with Crippen LogP contribution < -0.4 is 4.74 Å². The maximum Gasteiger partial charge on any atom is 0.222 e. The van der Waals surface area contributed by atoms with Crippen molar-refractivity contribution in [3.8, 4) is 5.75 Å². The van der Waals surface area contributed by atoms with Gasteiger partial charge in [-0.15, -0.1) is 0 Å². The first-order chi connectivity index (χ1) is 11.0. The molecule has 0 N–H and O–H groups in total. The summed E-state index contributed by atoms with van der Waals surface area (Å²) in [4.78, 5) is 14.0. The molecule has 23 heavy (non-hydrogen) atoms. The van der Waals surface area contributed by atoms with Crippen molar-refractivity contribution in [1.29, 1.82) is 0 Å². The quantitative estimate of drug-likeness (QED) is 0.787. The lowest BCUT2D eigenvalue weighted by atomic mass is 9.97. The van der Waals surface area contributed by atoms with Gasteiger partial charge in [0, 0.05) is 19.5 Å². The Morgan fingerprint density at radius 2 is 2.13 bits per heavy atom. The van der Waals surface area contributed by atoms with Crippen LogP contribution in [0.15, 0.2) is 34.9 Å². The Balaban J connectivity index is 1.88. The van der Waals surface area contributed by atoms with E-state index in [0.717, 1.165) is 29.2 Å². The van der Waals surface area contributed by atoms with E-state index in [2.05, 4.69) is 12.1 Å². The summed E-state index contributed by atoms with van der Waals surface area (Å²) in [6, 6.07) is 9.78. The Hall–Kier alpha value is -2.30. The number of nitrogens with zero attached hydrogens (tertiary/aromatic N) is 2. The average molecular weight is 316 g/mol. The number of hydrogen-bond acceptors (Lipinski definition) is 4. The Kier molecular flexibility index (Phi) is 5.79. The lowest BCUT2D eigenvalue weighted by molar-refractivity contribution is -0.131. The van der Waals surface area contributed by atoms with Gasteiger partial charge in [-0.05, 0) is 30.9 Å². The molecule has 0 aliphatic carbocycles. The van der Waals surface area contributed by atoms with Crippen LogP contribution in [0.4, 0.5) is 0 Å². The summed E-state index contributed by atoms with van der Waals surface area (Å²) in [7, 11) is 3.46. The first-order valence-corrected chi connectivity index (χ1v) is 7.77. The van der Waals surface area contributed by atoms with E-state index < -0.39 is 0 Å². The van der Waals surface area contributed by atoms with Crippen molar-refractivity contribution in [3.63, 3.8) is 0 Å². The summed E-state index contributed by atoms with van der Waals surface area (Å²) in [6.07, 6.45) is 1.30. The van der Waals surface area contributed by atoms with Crippen LogP contribution in [0.3, 0.4) is 0 Å². The number of benzene rings is 1. The lowest BCUT2D eigenvalue weighted by Gasteiger charge is -2.19. The largest absolute Gasteiger partial charge is 0.496 e. The predicted molar refractivity (Wildman–Crippen MR) is 88.2 cm³/mol. The van der Waals surface area contributed by atoms with Crippen molar-refractivity contribution in [2.45, 2.75) is 33.2 Å². The number of carbonyl (C=O) groups excluding carboxylic acids is 1. The molecule has 0 saturated heterocycles. The summed E-state index contributed by atoms with van der Waals surface area (Å²) < 4.78 is 10.4. The molecule has 2 rings (SSSR count). The molecule has 0 radical (unpaired) electrons. The van der Waals surface area contributed by atoms with Gasteiger partial charge in [-0.1, -0.05) is 30.3 Å². The van der Waals surface area contributed by atoms with E-state index in [0.29, 0.717) is 13.0 Å². The van der Waals surface area contributed by atoms with Crippen LogP contribution in [0.1, 0.15) is 30.4 Å². The molecule has 0 aliphatic heterocycles. The second-order valence-corrected chi connectivity index (χ2v) is 6.00. The van der Waals surface area contributed by atoms with Crippen molar-refractivity contribution in [3.05, 3.63) is 47.3 Å². The van der Waals surface area contributed by atoms with E-state index in [1.54, 1.807) is 19.1 Å². The van der Waals surface area contributed by atoms with Gasteiger partial charge in [-0.3, -0.25) is 4.79 Å². The van der Waals surface area contributed by atoms with Gasteiger partial charge in [0.05, 0.1) is 13.7 Å². The SMILES string of the molecule is COc1ccccc1CC(C)CC(=O)N(C)Cc1cc(C)on1. The van der Waals surface area contributed by atoms with Crippen LogP contribution in [0.25, 0.3) is 0 Å². The van der Waals surface area contributed by atoms with E-state index in [1.807, 2.05) is 37.3 Å². The van der Waals surface area contributed by atoms with E-state index in [4.69, 9.17) is 9.26 Å². The normalized spacial score (nSPS) is 12.0. The zero-order valence-corrected chi connectivity index (χ0v) is 14.2. The average Bonchev–Trinajstić information content (AvgIpc) is 2.92. The van der Waals surface area contributed by atoms with Crippen molar-refractivity contribution in [2.24, 2.45) is 5.92 Å².